The zero-order chi connectivity index (χ0) is 15.7. The van der Waals surface area contributed by atoms with Crippen LogP contribution in [-0.4, -0.2) is 23.8 Å². The number of benzene rings is 1. The van der Waals surface area contributed by atoms with Crippen molar-refractivity contribution >= 4 is 22.0 Å². The van der Waals surface area contributed by atoms with Gasteiger partial charge in [-0.3, -0.25) is 0 Å². The fraction of sp³-hybridized carbons (Fsp3) is 0.533. The number of hydrogen-bond donors (Lipinski definition) is 1. The van der Waals surface area contributed by atoms with E-state index in [2.05, 4.69) is 21.2 Å². The first kappa shape index (κ1) is 16.1. The molecule has 1 aromatic carbocycles. The Labute approximate surface area is 132 Å². The zero-order valence-corrected chi connectivity index (χ0v) is 13.9. The van der Waals surface area contributed by atoms with Gasteiger partial charge in [0, 0.05) is 0 Å². The van der Waals surface area contributed by atoms with E-state index in [4.69, 9.17) is 9.47 Å². The van der Waals surface area contributed by atoms with Gasteiger partial charge in [0.2, 0.25) is 0 Å². The first-order valence-electron chi connectivity index (χ1n) is 6.79. The van der Waals surface area contributed by atoms with Crippen molar-refractivity contribution in [2.75, 3.05) is 6.61 Å². The Kier molecular flexibility index (Phi) is 4.46. The Hall–Kier alpha value is -1.30. The number of halogens is 2. The third-order valence-corrected chi connectivity index (χ3v) is 3.81. The van der Waals surface area contributed by atoms with Gasteiger partial charge < -0.3 is 14.8 Å². The molecule has 1 aliphatic rings. The topological polar surface area (TPSA) is 47.6 Å². The summed E-state index contributed by atoms with van der Waals surface area (Å²) < 4.78 is 24.5. The van der Waals surface area contributed by atoms with Gasteiger partial charge in [-0.05, 0) is 61.7 Å². The van der Waals surface area contributed by atoms with Crippen molar-refractivity contribution in [3.05, 3.63) is 28.5 Å². The molecule has 21 heavy (non-hydrogen) atoms. The summed E-state index contributed by atoms with van der Waals surface area (Å²) in [5.41, 5.74) is -0.944. The van der Waals surface area contributed by atoms with Crippen LogP contribution in [0.5, 0.6) is 5.75 Å². The highest BCUT2D eigenvalue weighted by atomic mass is 79.9. The Morgan fingerprint density at radius 3 is 2.67 bits per heavy atom. The second kappa shape index (κ2) is 5.83. The average molecular weight is 360 g/mol. The molecule has 0 saturated heterocycles. The molecule has 1 N–H and O–H groups in total. The van der Waals surface area contributed by atoms with E-state index in [1.807, 2.05) is 20.8 Å². The van der Waals surface area contributed by atoms with Crippen molar-refractivity contribution in [1.29, 1.82) is 0 Å². The van der Waals surface area contributed by atoms with Gasteiger partial charge >= 0.3 is 6.09 Å². The molecule has 0 radical (unpaired) electrons. The van der Waals surface area contributed by atoms with Gasteiger partial charge in [0.1, 0.15) is 23.8 Å². The zero-order valence-electron chi connectivity index (χ0n) is 12.3. The molecule has 1 saturated carbocycles. The molecule has 2 rings (SSSR count). The predicted molar refractivity (Wildman–Crippen MR) is 80.9 cm³/mol. The lowest BCUT2D eigenvalue weighted by molar-refractivity contribution is 0.0476. The van der Waals surface area contributed by atoms with E-state index in [0.717, 1.165) is 12.8 Å². The van der Waals surface area contributed by atoms with Crippen LogP contribution in [0.1, 0.15) is 33.6 Å². The summed E-state index contributed by atoms with van der Waals surface area (Å²) in [5.74, 6) is 0.0460. The van der Waals surface area contributed by atoms with E-state index in [1.54, 1.807) is 12.1 Å². The van der Waals surface area contributed by atoms with E-state index in [0.29, 0.717) is 5.75 Å². The molecule has 4 nitrogen and oxygen atoms in total. The molecule has 0 aliphatic heterocycles. The quantitative estimate of drug-likeness (QED) is 0.882. The largest absolute Gasteiger partial charge is 0.490 e. The van der Waals surface area contributed by atoms with Crippen molar-refractivity contribution < 1.29 is 18.7 Å². The molecule has 0 atom stereocenters. The van der Waals surface area contributed by atoms with E-state index in [-0.39, 0.29) is 16.9 Å². The van der Waals surface area contributed by atoms with Gasteiger partial charge in [-0.15, -0.1) is 0 Å². The smallest absolute Gasteiger partial charge is 0.408 e. The third kappa shape index (κ3) is 4.59. The maximum Gasteiger partial charge on any atom is 0.408 e. The van der Waals surface area contributed by atoms with Gasteiger partial charge in [-0.2, -0.15) is 0 Å². The number of ether oxygens (including phenoxy) is 2. The van der Waals surface area contributed by atoms with Crippen molar-refractivity contribution in [3.63, 3.8) is 0 Å². The van der Waals surface area contributed by atoms with Crippen LogP contribution in [0.4, 0.5) is 9.18 Å². The number of carbonyl (C=O) groups is 1. The monoisotopic (exact) mass is 359 g/mol. The lowest BCUT2D eigenvalue weighted by Crippen LogP contribution is -2.44. The van der Waals surface area contributed by atoms with Crippen LogP contribution in [0.15, 0.2) is 22.7 Å². The number of nitrogens with one attached hydrogen (secondary N) is 1. The van der Waals surface area contributed by atoms with Crippen LogP contribution >= 0.6 is 15.9 Å². The minimum absolute atomic E-state index is 0.286. The maximum atomic E-state index is 13.4. The molecule has 1 aliphatic carbocycles. The fourth-order valence-electron chi connectivity index (χ4n) is 1.79. The van der Waals surface area contributed by atoms with Crippen molar-refractivity contribution in [1.82, 2.24) is 5.32 Å². The van der Waals surface area contributed by atoms with Crippen LogP contribution in [0.25, 0.3) is 0 Å². The van der Waals surface area contributed by atoms with E-state index < -0.39 is 17.2 Å². The number of hydrogen-bond acceptors (Lipinski definition) is 3. The van der Waals surface area contributed by atoms with E-state index in [1.165, 1.54) is 6.07 Å². The Balaban J connectivity index is 1.91. The second-order valence-corrected chi connectivity index (χ2v) is 7.04. The molecule has 116 valence electrons. The molecule has 1 fully saturated rings. The molecule has 0 spiro atoms. The Morgan fingerprint density at radius 2 is 2.10 bits per heavy atom. The molecule has 0 heterocycles. The predicted octanol–water partition coefficient (Wildman–Crippen LogP) is 4.02. The molecule has 1 amide bonds. The first-order valence-corrected chi connectivity index (χ1v) is 7.58. The number of rotatable bonds is 4. The second-order valence-electron chi connectivity index (χ2n) is 6.25. The van der Waals surface area contributed by atoms with Gasteiger partial charge in [0.05, 0.1) is 10.0 Å². The SMILES string of the molecule is CC(C)(C)OC(=O)NC1(COc2cccc(F)c2Br)CC1. The standard InChI is InChI=1S/C15H19BrFNO3/c1-14(2,3)21-13(19)18-15(7-8-15)9-20-11-6-4-5-10(17)12(11)16/h4-6H,7-9H2,1-3H3,(H,18,19). The highest BCUT2D eigenvalue weighted by Crippen LogP contribution is 2.37. The van der Waals surface area contributed by atoms with Crippen LogP contribution in [-0.2, 0) is 4.74 Å². The summed E-state index contributed by atoms with van der Waals surface area (Å²) in [7, 11) is 0. The number of amides is 1. The fourth-order valence-corrected chi connectivity index (χ4v) is 2.17. The van der Waals surface area contributed by atoms with E-state index >= 15 is 0 Å². The van der Waals surface area contributed by atoms with Crippen LogP contribution in [0.2, 0.25) is 0 Å². The van der Waals surface area contributed by atoms with Crippen LogP contribution < -0.4 is 10.1 Å². The molecule has 6 heteroatoms. The van der Waals surface area contributed by atoms with E-state index in [9.17, 15) is 9.18 Å². The van der Waals surface area contributed by atoms with Crippen molar-refractivity contribution in [2.45, 2.75) is 44.8 Å². The minimum Gasteiger partial charge on any atom is -0.490 e. The highest BCUT2D eigenvalue weighted by Gasteiger charge is 2.46. The summed E-state index contributed by atoms with van der Waals surface area (Å²) in [6.07, 6.45) is 1.18. The van der Waals surface area contributed by atoms with Gasteiger partial charge in [0.25, 0.3) is 0 Å². The lowest BCUT2D eigenvalue weighted by atomic mass is 10.2. The van der Waals surface area contributed by atoms with Crippen molar-refractivity contribution in [2.24, 2.45) is 0 Å². The summed E-state index contributed by atoms with van der Waals surface area (Å²) in [6, 6.07) is 4.61. The first-order chi connectivity index (χ1) is 9.71. The summed E-state index contributed by atoms with van der Waals surface area (Å²) in [4.78, 5) is 11.8. The van der Waals surface area contributed by atoms with Crippen LogP contribution in [0.3, 0.4) is 0 Å². The summed E-state index contributed by atoms with van der Waals surface area (Å²) in [6.45, 7) is 5.72. The van der Waals surface area contributed by atoms with Gasteiger partial charge in [-0.1, -0.05) is 6.07 Å². The molecule has 0 unspecified atom stereocenters. The lowest BCUT2D eigenvalue weighted by Gasteiger charge is -2.23. The summed E-state index contributed by atoms with van der Waals surface area (Å²) in [5, 5.41) is 2.83. The van der Waals surface area contributed by atoms with Crippen molar-refractivity contribution in [3.8, 4) is 5.75 Å². The molecular formula is C15H19BrFNO3. The normalized spacial score (nSPS) is 16.2. The van der Waals surface area contributed by atoms with Gasteiger partial charge in [-0.25, -0.2) is 9.18 Å². The molecule has 0 aromatic heterocycles. The Bertz CT molecular complexity index is 538. The van der Waals surface area contributed by atoms with Crippen LogP contribution in [0, 0.1) is 5.82 Å². The molecule has 1 aromatic rings. The number of alkyl carbamates (subject to hydrolysis) is 1. The highest BCUT2D eigenvalue weighted by molar-refractivity contribution is 9.10. The molecular weight excluding hydrogens is 341 g/mol. The Morgan fingerprint density at radius 1 is 1.43 bits per heavy atom. The third-order valence-electron chi connectivity index (χ3n) is 3.04. The average Bonchev–Trinajstić information content (AvgIpc) is 3.09. The number of carbonyl (C=O) groups excluding carboxylic acids is 1. The minimum atomic E-state index is -0.535. The summed E-state index contributed by atoms with van der Waals surface area (Å²) >= 11 is 3.15. The maximum absolute atomic E-state index is 13.4. The van der Waals surface area contributed by atoms with Gasteiger partial charge in [0.15, 0.2) is 0 Å². The molecule has 0 bridgehead atoms.